The fraction of sp³-hybridized carbons (Fsp3) is 0.188. The van der Waals surface area contributed by atoms with Gasteiger partial charge >= 0.3 is 0 Å². The minimum Gasteiger partial charge on any atom is -0.293 e. The number of ketones is 1. The van der Waals surface area contributed by atoms with Gasteiger partial charge in [-0.05, 0) is 43.7 Å². The SMILES string of the molecule is Cc1ccc(SCC(=O)c2ccc(F)c(F)c2)c(C)c1. The molecule has 104 valence electrons. The summed E-state index contributed by atoms with van der Waals surface area (Å²) in [4.78, 5) is 13.0. The second kappa shape index (κ2) is 6.18. The second-order valence-electron chi connectivity index (χ2n) is 4.61. The van der Waals surface area contributed by atoms with Crippen molar-refractivity contribution in [2.45, 2.75) is 18.7 Å². The molecule has 0 saturated heterocycles. The van der Waals surface area contributed by atoms with Gasteiger partial charge in [-0.25, -0.2) is 8.78 Å². The highest BCUT2D eigenvalue weighted by Gasteiger charge is 2.11. The fourth-order valence-corrected chi connectivity index (χ4v) is 2.76. The minimum absolute atomic E-state index is 0.196. The molecule has 1 nitrogen and oxygen atoms in total. The molecule has 0 aliphatic rings. The van der Waals surface area contributed by atoms with Crippen molar-refractivity contribution in [3.05, 3.63) is 64.7 Å². The van der Waals surface area contributed by atoms with E-state index in [1.165, 1.54) is 23.4 Å². The Morgan fingerprint density at radius 3 is 2.45 bits per heavy atom. The lowest BCUT2D eigenvalue weighted by Gasteiger charge is -2.06. The third-order valence-corrected chi connectivity index (χ3v) is 4.11. The molecule has 0 spiro atoms. The third kappa shape index (κ3) is 3.45. The normalized spacial score (nSPS) is 10.6. The molecule has 0 radical (unpaired) electrons. The first-order valence-electron chi connectivity index (χ1n) is 6.15. The maximum Gasteiger partial charge on any atom is 0.173 e. The molecule has 0 fully saturated rings. The van der Waals surface area contributed by atoms with Gasteiger partial charge in [-0.3, -0.25) is 4.79 Å². The number of hydrogen-bond donors (Lipinski definition) is 0. The van der Waals surface area contributed by atoms with Crippen LogP contribution in [-0.2, 0) is 0 Å². The second-order valence-corrected chi connectivity index (χ2v) is 5.63. The maximum atomic E-state index is 13.1. The van der Waals surface area contributed by atoms with Gasteiger partial charge in [0, 0.05) is 10.5 Å². The molecule has 0 bridgehead atoms. The summed E-state index contributed by atoms with van der Waals surface area (Å²) in [6.45, 7) is 3.99. The van der Waals surface area contributed by atoms with Gasteiger partial charge in [-0.2, -0.15) is 0 Å². The predicted octanol–water partition coefficient (Wildman–Crippen LogP) is 4.56. The molecule has 0 unspecified atom stereocenters. The van der Waals surface area contributed by atoms with Crippen LogP contribution in [0, 0.1) is 25.5 Å². The van der Waals surface area contributed by atoms with Gasteiger partial charge < -0.3 is 0 Å². The van der Waals surface area contributed by atoms with Crippen LogP contribution in [0.1, 0.15) is 21.5 Å². The zero-order chi connectivity index (χ0) is 14.7. The van der Waals surface area contributed by atoms with E-state index < -0.39 is 11.6 Å². The Morgan fingerprint density at radius 2 is 1.80 bits per heavy atom. The standard InChI is InChI=1S/C16H14F2OS/c1-10-3-6-16(11(2)7-10)20-9-15(19)12-4-5-13(17)14(18)8-12/h3-8H,9H2,1-2H3. The highest BCUT2D eigenvalue weighted by molar-refractivity contribution is 8.00. The highest BCUT2D eigenvalue weighted by atomic mass is 32.2. The molecule has 20 heavy (non-hydrogen) atoms. The van der Waals surface area contributed by atoms with E-state index in [-0.39, 0.29) is 17.1 Å². The van der Waals surface area contributed by atoms with Gasteiger partial charge in [0.1, 0.15) is 0 Å². The Bertz CT molecular complexity index is 653. The van der Waals surface area contributed by atoms with Gasteiger partial charge in [0.2, 0.25) is 0 Å². The van der Waals surface area contributed by atoms with Crippen molar-refractivity contribution in [2.75, 3.05) is 5.75 Å². The summed E-state index contributed by atoms with van der Waals surface area (Å²) in [5.41, 5.74) is 2.47. The van der Waals surface area contributed by atoms with Crippen LogP contribution < -0.4 is 0 Å². The molecule has 4 heteroatoms. The van der Waals surface area contributed by atoms with E-state index in [9.17, 15) is 13.6 Å². The highest BCUT2D eigenvalue weighted by Crippen LogP contribution is 2.24. The number of thioether (sulfide) groups is 1. The smallest absolute Gasteiger partial charge is 0.173 e. The number of halogens is 2. The maximum absolute atomic E-state index is 13.1. The minimum atomic E-state index is -0.993. The molecule has 0 amide bonds. The first kappa shape index (κ1) is 14.7. The van der Waals surface area contributed by atoms with Gasteiger partial charge in [-0.1, -0.05) is 17.7 Å². The molecule has 0 aliphatic carbocycles. The van der Waals surface area contributed by atoms with Gasteiger partial charge in [0.05, 0.1) is 5.75 Å². The number of carbonyl (C=O) groups excluding carboxylic acids is 1. The average molecular weight is 292 g/mol. The Morgan fingerprint density at radius 1 is 1.05 bits per heavy atom. The van der Waals surface area contributed by atoms with Crippen LogP contribution >= 0.6 is 11.8 Å². The number of aryl methyl sites for hydroxylation is 2. The van der Waals surface area contributed by atoms with Crippen LogP contribution in [0.5, 0.6) is 0 Å². The van der Waals surface area contributed by atoms with E-state index in [2.05, 4.69) is 0 Å². The molecule has 0 atom stereocenters. The zero-order valence-corrected chi connectivity index (χ0v) is 12.1. The van der Waals surface area contributed by atoms with Gasteiger partial charge in [-0.15, -0.1) is 11.8 Å². The monoisotopic (exact) mass is 292 g/mol. The van der Waals surface area contributed by atoms with Crippen molar-refractivity contribution in [2.24, 2.45) is 0 Å². The van der Waals surface area contributed by atoms with Gasteiger partial charge in [0.25, 0.3) is 0 Å². The quantitative estimate of drug-likeness (QED) is 0.607. The van der Waals surface area contributed by atoms with Crippen LogP contribution in [0.25, 0.3) is 0 Å². The molecule has 2 rings (SSSR count). The van der Waals surface area contributed by atoms with E-state index >= 15 is 0 Å². The number of Topliss-reactive ketones (excluding diaryl/α,β-unsaturated/α-hetero) is 1. The van der Waals surface area contributed by atoms with Crippen LogP contribution in [0.3, 0.4) is 0 Å². The topological polar surface area (TPSA) is 17.1 Å². The average Bonchev–Trinajstić information content (AvgIpc) is 2.40. The van der Waals surface area contributed by atoms with Crippen LogP contribution in [0.15, 0.2) is 41.3 Å². The summed E-state index contributed by atoms with van der Waals surface area (Å²) < 4.78 is 25.9. The van der Waals surface area contributed by atoms with Crippen molar-refractivity contribution >= 4 is 17.5 Å². The van der Waals surface area contributed by atoms with E-state index in [4.69, 9.17) is 0 Å². The molecule has 0 saturated carbocycles. The summed E-state index contributed by atoms with van der Waals surface area (Å²) in [5.74, 6) is -1.94. The fourth-order valence-electron chi connectivity index (χ4n) is 1.86. The largest absolute Gasteiger partial charge is 0.293 e. The first-order chi connectivity index (χ1) is 9.47. The van der Waals surface area contributed by atoms with Crippen LogP contribution in [0.2, 0.25) is 0 Å². The van der Waals surface area contributed by atoms with E-state index in [1.54, 1.807) is 0 Å². The van der Waals surface area contributed by atoms with Crippen molar-refractivity contribution in [3.8, 4) is 0 Å². The lowest BCUT2D eigenvalue weighted by molar-refractivity contribution is 0.102. The van der Waals surface area contributed by atoms with Crippen LogP contribution in [-0.4, -0.2) is 11.5 Å². The summed E-state index contributed by atoms with van der Waals surface area (Å²) >= 11 is 1.40. The first-order valence-corrected chi connectivity index (χ1v) is 7.14. The molecular weight excluding hydrogens is 278 g/mol. The zero-order valence-electron chi connectivity index (χ0n) is 11.2. The lowest BCUT2D eigenvalue weighted by Crippen LogP contribution is -2.03. The third-order valence-electron chi connectivity index (χ3n) is 2.93. The Kier molecular flexibility index (Phi) is 4.55. The van der Waals surface area contributed by atoms with Crippen molar-refractivity contribution < 1.29 is 13.6 Å². The number of benzene rings is 2. The van der Waals surface area contributed by atoms with Crippen molar-refractivity contribution in [3.63, 3.8) is 0 Å². The molecule has 2 aromatic rings. The van der Waals surface area contributed by atoms with Crippen molar-refractivity contribution in [1.29, 1.82) is 0 Å². The number of carbonyl (C=O) groups is 1. The van der Waals surface area contributed by atoms with E-state index in [0.717, 1.165) is 22.6 Å². The summed E-state index contributed by atoms with van der Waals surface area (Å²) in [6.07, 6.45) is 0. The Hall–Kier alpha value is -1.68. The van der Waals surface area contributed by atoms with Crippen LogP contribution in [0.4, 0.5) is 8.78 Å². The molecule has 0 N–H and O–H groups in total. The van der Waals surface area contributed by atoms with Gasteiger partial charge in [0.15, 0.2) is 17.4 Å². The number of rotatable bonds is 4. The summed E-state index contributed by atoms with van der Waals surface area (Å²) in [5, 5.41) is 0. The van der Waals surface area contributed by atoms with E-state index in [1.807, 2.05) is 32.0 Å². The van der Waals surface area contributed by atoms with Crippen molar-refractivity contribution in [1.82, 2.24) is 0 Å². The number of hydrogen-bond acceptors (Lipinski definition) is 2. The molecular formula is C16H14F2OS. The Balaban J connectivity index is 2.06. The molecule has 0 aliphatic heterocycles. The molecule has 0 heterocycles. The molecule has 0 aromatic heterocycles. The Labute approximate surface area is 121 Å². The summed E-state index contributed by atoms with van der Waals surface area (Å²) in [7, 11) is 0. The molecule has 2 aromatic carbocycles. The van der Waals surface area contributed by atoms with E-state index in [0.29, 0.717) is 0 Å². The lowest BCUT2D eigenvalue weighted by atomic mass is 10.1. The predicted molar refractivity (Wildman–Crippen MR) is 77.3 cm³/mol. The summed E-state index contributed by atoms with van der Waals surface area (Å²) in [6, 6.07) is 9.23.